The van der Waals surface area contributed by atoms with Gasteiger partial charge in [-0.25, -0.2) is 0 Å². The third kappa shape index (κ3) is 4.92. The Bertz CT molecular complexity index is 372. The molecule has 1 unspecified atom stereocenters. The van der Waals surface area contributed by atoms with Gasteiger partial charge in [-0.3, -0.25) is 9.88 Å². The van der Waals surface area contributed by atoms with Crippen LogP contribution >= 0.6 is 0 Å². The van der Waals surface area contributed by atoms with Crippen LogP contribution in [0.25, 0.3) is 0 Å². The van der Waals surface area contributed by atoms with Crippen LogP contribution < -0.4 is 5.32 Å². The number of aromatic nitrogens is 1. The minimum atomic E-state index is 0.523. The van der Waals surface area contributed by atoms with Crippen LogP contribution in [0.4, 0.5) is 0 Å². The summed E-state index contributed by atoms with van der Waals surface area (Å²) in [6, 6.07) is 4.90. The zero-order valence-corrected chi connectivity index (χ0v) is 12.5. The molecular formula is C16H27N3. The average Bonchev–Trinajstić information content (AvgIpc) is 2.38. The highest BCUT2D eigenvalue weighted by atomic mass is 15.1. The molecule has 0 spiro atoms. The number of nitrogens with zero attached hydrogens (tertiary/aromatic N) is 2. The summed E-state index contributed by atoms with van der Waals surface area (Å²) in [4.78, 5) is 7.12. The van der Waals surface area contributed by atoms with Gasteiger partial charge in [-0.05, 0) is 36.9 Å². The molecule has 1 N–H and O–H groups in total. The second-order valence-corrected chi connectivity index (χ2v) is 6.18. The number of rotatable bonds is 5. The first-order chi connectivity index (χ1) is 9.13. The minimum absolute atomic E-state index is 0.523. The SMILES string of the molecule is CC1CCCN(Cc2ccc(CNC(C)C)cn2)C1. The molecule has 1 aliphatic rings. The van der Waals surface area contributed by atoms with E-state index >= 15 is 0 Å². The molecule has 2 heterocycles. The molecule has 1 aromatic rings. The molecule has 1 fully saturated rings. The molecule has 0 aromatic carbocycles. The van der Waals surface area contributed by atoms with Gasteiger partial charge in [0.15, 0.2) is 0 Å². The van der Waals surface area contributed by atoms with Crippen molar-refractivity contribution in [2.75, 3.05) is 13.1 Å². The Morgan fingerprint density at radius 3 is 2.89 bits per heavy atom. The highest BCUT2D eigenvalue weighted by Crippen LogP contribution is 2.17. The van der Waals surface area contributed by atoms with Crippen LogP contribution in [0, 0.1) is 5.92 Å². The Hall–Kier alpha value is -0.930. The molecule has 3 heteroatoms. The van der Waals surface area contributed by atoms with E-state index in [9.17, 15) is 0 Å². The molecule has 106 valence electrons. The van der Waals surface area contributed by atoms with E-state index in [0.717, 1.165) is 19.0 Å². The maximum absolute atomic E-state index is 4.59. The van der Waals surface area contributed by atoms with E-state index in [-0.39, 0.29) is 0 Å². The van der Waals surface area contributed by atoms with Crippen molar-refractivity contribution in [2.24, 2.45) is 5.92 Å². The van der Waals surface area contributed by atoms with Crippen molar-refractivity contribution in [1.82, 2.24) is 15.2 Å². The van der Waals surface area contributed by atoms with Gasteiger partial charge in [-0.1, -0.05) is 26.8 Å². The number of nitrogens with one attached hydrogen (secondary N) is 1. The molecule has 0 amide bonds. The van der Waals surface area contributed by atoms with E-state index in [1.54, 1.807) is 0 Å². The third-order valence-electron chi connectivity index (χ3n) is 3.73. The molecule has 1 aromatic heterocycles. The lowest BCUT2D eigenvalue weighted by molar-refractivity contribution is 0.175. The summed E-state index contributed by atoms with van der Waals surface area (Å²) in [5.74, 6) is 0.836. The second kappa shape index (κ2) is 7.01. The van der Waals surface area contributed by atoms with Crippen LogP contribution in [0.3, 0.4) is 0 Å². The first-order valence-corrected chi connectivity index (χ1v) is 7.53. The minimum Gasteiger partial charge on any atom is -0.310 e. The summed E-state index contributed by atoms with van der Waals surface area (Å²) < 4.78 is 0. The predicted octanol–water partition coefficient (Wildman–Crippen LogP) is 2.81. The summed E-state index contributed by atoms with van der Waals surface area (Å²) in [5.41, 5.74) is 2.46. The van der Waals surface area contributed by atoms with Crippen molar-refractivity contribution in [3.63, 3.8) is 0 Å². The van der Waals surface area contributed by atoms with Crippen molar-refractivity contribution >= 4 is 0 Å². The number of hydrogen-bond acceptors (Lipinski definition) is 3. The molecule has 1 saturated heterocycles. The van der Waals surface area contributed by atoms with Crippen molar-refractivity contribution in [2.45, 2.75) is 52.7 Å². The van der Waals surface area contributed by atoms with E-state index in [0.29, 0.717) is 6.04 Å². The lowest BCUT2D eigenvalue weighted by Gasteiger charge is -2.30. The van der Waals surface area contributed by atoms with E-state index < -0.39 is 0 Å². The topological polar surface area (TPSA) is 28.2 Å². The van der Waals surface area contributed by atoms with Crippen LogP contribution in [0.5, 0.6) is 0 Å². The maximum Gasteiger partial charge on any atom is 0.0544 e. The molecule has 0 bridgehead atoms. The molecule has 0 radical (unpaired) electrons. The zero-order chi connectivity index (χ0) is 13.7. The number of likely N-dealkylation sites (tertiary alicyclic amines) is 1. The molecule has 1 atom stereocenters. The number of piperidine rings is 1. The average molecular weight is 261 g/mol. The number of pyridine rings is 1. The molecular weight excluding hydrogens is 234 g/mol. The zero-order valence-electron chi connectivity index (χ0n) is 12.5. The van der Waals surface area contributed by atoms with Gasteiger partial charge in [0.25, 0.3) is 0 Å². The van der Waals surface area contributed by atoms with E-state index in [4.69, 9.17) is 0 Å². The van der Waals surface area contributed by atoms with Crippen LogP contribution in [-0.2, 0) is 13.1 Å². The van der Waals surface area contributed by atoms with E-state index in [1.165, 1.54) is 37.2 Å². The second-order valence-electron chi connectivity index (χ2n) is 6.18. The van der Waals surface area contributed by atoms with Gasteiger partial charge < -0.3 is 5.32 Å². The van der Waals surface area contributed by atoms with Gasteiger partial charge in [-0.15, -0.1) is 0 Å². The van der Waals surface area contributed by atoms with Gasteiger partial charge in [0.2, 0.25) is 0 Å². The van der Waals surface area contributed by atoms with Gasteiger partial charge in [-0.2, -0.15) is 0 Å². The Morgan fingerprint density at radius 2 is 2.26 bits per heavy atom. The van der Waals surface area contributed by atoms with Crippen molar-refractivity contribution in [3.05, 3.63) is 29.6 Å². The lowest BCUT2D eigenvalue weighted by atomic mass is 10.0. The van der Waals surface area contributed by atoms with Crippen LogP contribution in [0.2, 0.25) is 0 Å². The van der Waals surface area contributed by atoms with E-state index in [1.807, 2.05) is 6.20 Å². The van der Waals surface area contributed by atoms with Gasteiger partial charge >= 0.3 is 0 Å². The van der Waals surface area contributed by atoms with Gasteiger partial charge in [0.05, 0.1) is 5.69 Å². The summed E-state index contributed by atoms with van der Waals surface area (Å²) in [6.07, 6.45) is 4.72. The van der Waals surface area contributed by atoms with Crippen LogP contribution in [0.1, 0.15) is 44.9 Å². The first-order valence-electron chi connectivity index (χ1n) is 7.53. The third-order valence-corrected chi connectivity index (χ3v) is 3.73. The summed E-state index contributed by atoms with van der Waals surface area (Å²) >= 11 is 0. The Labute approximate surface area is 117 Å². The standard InChI is InChI=1S/C16H27N3/c1-13(2)17-9-15-6-7-16(18-10-15)12-19-8-4-5-14(3)11-19/h6-7,10,13-14,17H,4-5,8-9,11-12H2,1-3H3. The Morgan fingerprint density at radius 1 is 1.42 bits per heavy atom. The normalized spacial score (nSPS) is 20.9. The largest absolute Gasteiger partial charge is 0.310 e. The molecule has 19 heavy (non-hydrogen) atoms. The highest BCUT2D eigenvalue weighted by Gasteiger charge is 2.16. The molecule has 0 saturated carbocycles. The fraction of sp³-hybridized carbons (Fsp3) is 0.688. The molecule has 1 aliphatic heterocycles. The molecule has 3 nitrogen and oxygen atoms in total. The van der Waals surface area contributed by atoms with Crippen LogP contribution in [0.15, 0.2) is 18.3 Å². The monoisotopic (exact) mass is 261 g/mol. The summed E-state index contributed by atoms with van der Waals surface area (Å²) in [6.45, 7) is 11.0. The van der Waals surface area contributed by atoms with Crippen molar-refractivity contribution < 1.29 is 0 Å². The smallest absolute Gasteiger partial charge is 0.0544 e. The van der Waals surface area contributed by atoms with Gasteiger partial charge in [0.1, 0.15) is 0 Å². The highest BCUT2D eigenvalue weighted by molar-refractivity contribution is 5.14. The molecule has 2 rings (SSSR count). The summed E-state index contributed by atoms with van der Waals surface area (Å²) in [5, 5.41) is 3.42. The molecule has 0 aliphatic carbocycles. The predicted molar refractivity (Wildman–Crippen MR) is 79.9 cm³/mol. The fourth-order valence-electron chi connectivity index (χ4n) is 2.63. The first kappa shape index (κ1) is 14.5. The quantitative estimate of drug-likeness (QED) is 0.883. The van der Waals surface area contributed by atoms with E-state index in [2.05, 4.69) is 48.1 Å². The van der Waals surface area contributed by atoms with Gasteiger partial charge in [0, 0.05) is 31.9 Å². The Balaban J connectivity index is 1.84. The number of hydrogen-bond donors (Lipinski definition) is 1. The maximum atomic E-state index is 4.59. The lowest BCUT2D eigenvalue weighted by Crippen LogP contribution is -2.33. The van der Waals surface area contributed by atoms with Crippen molar-refractivity contribution in [3.8, 4) is 0 Å². The van der Waals surface area contributed by atoms with Crippen LogP contribution in [-0.4, -0.2) is 29.0 Å². The Kier molecular flexibility index (Phi) is 5.34. The fourth-order valence-corrected chi connectivity index (χ4v) is 2.63. The summed E-state index contributed by atoms with van der Waals surface area (Å²) in [7, 11) is 0. The van der Waals surface area contributed by atoms with Crippen molar-refractivity contribution in [1.29, 1.82) is 0 Å².